The van der Waals surface area contributed by atoms with Gasteiger partial charge in [-0.1, -0.05) is 0 Å². The van der Waals surface area contributed by atoms with Gasteiger partial charge in [0.25, 0.3) is 11.5 Å². The van der Waals surface area contributed by atoms with Crippen molar-refractivity contribution in [2.24, 2.45) is 7.05 Å². The Morgan fingerprint density at radius 3 is 2.90 bits per heavy atom. The van der Waals surface area contributed by atoms with Gasteiger partial charge in [-0.3, -0.25) is 23.7 Å². The van der Waals surface area contributed by atoms with Gasteiger partial charge >= 0.3 is 0 Å². The standard InChI is InChI=1S/C20H24N6O3/c1-14-4-5-17(29-14)12-25-6-3-7-26-18(13-25)23-16(8-19(26)27)10-21-20(28)15-9-22-24(2)11-15/h4-5,8-9,11H,3,6-7,10,12-13H2,1-2H3,(H,21,28). The number of rotatable bonds is 5. The van der Waals surface area contributed by atoms with E-state index in [2.05, 4.69) is 20.3 Å². The van der Waals surface area contributed by atoms with Gasteiger partial charge in [0.2, 0.25) is 0 Å². The predicted molar refractivity (Wildman–Crippen MR) is 105 cm³/mol. The number of amides is 1. The molecule has 4 rings (SSSR count). The number of aryl methyl sites for hydroxylation is 2. The fourth-order valence-electron chi connectivity index (χ4n) is 3.52. The van der Waals surface area contributed by atoms with E-state index in [1.165, 1.54) is 12.3 Å². The van der Waals surface area contributed by atoms with Crippen LogP contribution < -0.4 is 10.9 Å². The van der Waals surface area contributed by atoms with Crippen molar-refractivity contribution < 1.29 is 9.21 Å². The molecule has 0 bridgehead atoms. The third-order valence-corrected chi connectivity index (χ3v) is 4.93. The van der Waals surface area contributed by atoms with Gasteiger partial charge in [-0.25, -0.2) is 4.98 Å². The zero-order valence-electron chi connectivity index (χ0n) is 16.6. The Labute approximate surface area is 168 Å². The average molecular weight is 396 g/mol. The summed E-state index contributed by atoms with van der Waals surface area (Å²) in [5.74, 6) is 2.25. The molecule has 0 unspecified atom stereocenters. The fraction of sp³-hybridized carbons (Fsp3) is 0.400. The minimum atomic E-state index is -0.246. The molecule has 0 saturated heterocycles. The van der Waals surface area contributed by atoms with Gasteiger partial charge in [0.15, 0.2) is 0 Å². The lowest BCUT2D eigenvalue weighted by atomic mass is 10.3. The molecule has 9 nitrogen and oxygen atoms in total. The van der Waals surface area contributed by atoms with Crippen molar-refractivity contribution in [1.29, 1.82) is 0 Å². The third kappa shape index (κ3) is 4.45. The summed E-state index contributed by atoms with van der Waals surface area (Å²) in [5, 5.41) is 6.79. The zero-order valence-corrected chi connectivity index (χ0v) is 16.6. The van der Waals surface area contributed by atoms with Crippen LogP contribution in [0.1, 0.15) is 39.8 Å². The first-order valence-corrected chi connectivity index (χ1v) is 9.62. The van der Waals surface area contributed by atoms with E-state index in [1.807, 2.05) is 19.1 Å². The molecule has 3 aromatic heterocycles. The molecular weight excluding hydrogens is 372 g/mol. The first kappa shape index (κ1) is 19.1. The van der Waals surface area contributed by atoms with E-state index >= 15 is 0 Å². The van der Waals surface area contributed by atoms with Gasteiger partial charge in [0.1, 0.15) is 17.3 Å². The zero-order chi connectivity index (χ0) is 20.4. The summed E-state index contributed by atoms with van der Waals surface area (Å²) in [6.45, 7) is 4.83. The highest BCUT2D eigenvalue weighted by Gasteiger charge is 2.19. The second-order valence-electron chi connectivity index (χ2n) is 7.32. The molecule has 0 saturated carbocycles. The van der Waals surface area contributed by atoms with Crippen LogP contribution in [0.25, 0.3) is 0 Å². The summed E-state index contributed by atoms with van der Waals surface area (Å²) in [4.78, 5) is 31.7. The normalized spacial score (nSPS) is 14.4. The van der Waals surface area contributed by atoms with Crippen molar-refractivity contribution >= 4 is 5.91 Å². The number of carbonyl (C=O) groups excluding carboxylic acids is 1. The number of hydrogen-bond acceptors (Lipinski definition) is 6. The monoisotopic (exact) mass is 396 g/mol. The van der Waals surface area contributed by atoms with Gasteiger partial charge < -0.3 is 9.73 Å². The van der Waals surface area contributed by atoms with Crippen molar-refractivity contribution in [3.8, 4) is 0 Å². The molecular formula is C20H24N6O3. The molecule has 0 radical (unpaired) electrons. The Kier molecular flexibility index (Phi) is 5.30. The Balaban J connectivity index is 1.48. The van der Waals surface area contributed by atoms with Crippen molar-refractivity contribution in [2.75, 3.05) is 6.54 Å². The van der Waals surface area contributed by atoms with E-state index in [0.717, 1.165) is 24.5 Å². The van der Waals surface area contributed by atoms with Gasteiger partial charge in [-0.05, 0) is 25.5 Å². The average Bonchev–Trinajstić information content (AvgIpc) is 3.23. The SMILES string of the molecule is Cc1ccc(CN2CCCn3c(nc(CNC(=O)c4cnn(C)c4)cc3=O)C2)o1. The van der Waals surface area contributed by atoms with Crippen molar-refractivity contribution in [2.45, 2.75) is 39.5 Å². The van der Waals surface area contributed by atoms with Crippen LogP contribution in [0.2, 0.25) is 0 Å². The minimum absolute atomic E-state index is 0.0867. The van der Waals surface area contributed by atoms with E-state index < -0.39 is 0 Å². The largest absolute Gasteiger partial charge is 0.465 e. The lowest BCUT2D eigenvalue weighted by molar-refractivity contribution is 0.0950. The number of aromatic nitrogens is 4. The lowest BCUT2D eigenvalue weighted by Gasteiger charge is -2.18. The second kappa shape index (κ2) is 8.04. The number of hydrogen-bond donors (Lipinski definition) is 1. The number of fused-ring (bicyclic) bond motifs is 1. The number of carbonyl (C=O) groups is 1. The van der Waals surface area contributed by atoms with E-state index in [1.54, 1.807) is 22.5 Å². The smallest absolute Gasteiger partial charge is 0.254 e. The molecule has 29 heavy (non-hydrogen) atoms. The van der Waals surface area contributed by atoms with Crippen LogP contribution in [-0.2, 0) is 33.2 Å². The summed E-state index contributed by atoms with van der Waals surface area (Å²) in [6, 6.07) is 5.43. The van der Waals surface area contributed by atoms with Gasteiger partial charge in [-0.15, -0.1) is 0 Å². The van der Waals surface area contributed by atoms with Gasteiger partial charge in [0, 0.05) is 32.4 Å². The summed E-state index contributed by atoms with van der Waals surface area (Å²) in [6.07, 6.45) is 4.01. The van der Waals surface area contributed by atoms with Crippen molar-refractivity contribution in [1.82, 2.24) is 29.5 Å². The van der Waals surface area contributed by atoms with Crippen LogP contribution in [0.15, 0.2) is 39.8 Å². The molecule has 0 aliphatic carbocycles. The summed E-state index contributed by atoms with van der Waals surface area (Å²) in [5.41, 5.74) is 0.935. The highest BCUT2D eigenvalue weighted by molar-refractivity contribution is 5.93. The summed E-state index contributed by atoms with van der Waals surface area (Å²) < 4.78 is 8.97. The maximum atomic E-state index is 12.6. The molecule has 1 aliphatic rings. The van der Waals surface area contributed by atoms with Crippen molar-refractivity contribution in [3.05, 3.63) is 69.5 Å². The first-order valence-electron chi connectivity index (χ1n) is 9.62. The predicted octanol–water partition coefficient (Wildman–Crippen LogP) is 1.21. The lowest BCUT2D eigenvalue weighted by Crippen LogP contribution is -2.29. The van der Waals surface area contributed by atoms with Crippen LogP contribution in [0.3, 0.4) is 0 Å². The van der Waals surface area contributed by atoms with E-state index in [-0.39, 0.29) is 18.0 Å². The molecule has 0 aromatic carbocycles. The van der Waals surface area contributed by atoms with Crippen LogP contribution in [0, 0.1) is 6.92 Å². The first-order chi connectivity index (χ1) is 14.0. The molecule has 0 atom stereocenters. The van der Waals surface area contributed by atoms with Gasteiger partial charge in [-0.2, -0.15) is 5.10 Å². The highest BCUT2D eigenvalue weighted by Crippen LogP contribution is 2.15. The molecule has 4 heterocycles. The maximum absolute atomic E-state index is 12.6. The molecule has 1 amide bonds. The molecule has 1 aliphatic heterocycles. The van der Waals surface area contributed by atoms with E-state index in [9.17, 15) is 9.59 Å². The molecule has 3 aromatic rings. The molecule has 9 heteroatoms. The highest BCUT2D eigenvalue weighted by atomic mass is 16.3. The number of furan rings is 1. The maximum Gasteiger partial charge on any atom is 0.254 e. The summed E-state index contributed by atoms with van der Waals surface area (Å²) >= 11 is 0. The Bertz CT molecular complexity index is 1080. The van der Waals surface area contributed by atoms with E-state index in [0.29, 0.717) is 36.7 Å². The molecule has 1 N–H and O–H groups in total. The summed E-state index contributed by atoms with van der Waals surface area (Å²) in [7, 11) is 1.75. The Hall–Kier alpha value is -3.20. The quantitative estimate of drug-likeness (QED) is 0.696. The second-order valence-corrected chi connectivity index (χ2v) is 7.32. The minimum Gasteiger partial charge on any atom is -0.465 e. The number of nitrogens with one attached hydrogen (secondary N) is 1. The third-order valence-electron chi connectivity index (χ3n) is 4.93. The fourth-order valence-corrected chi connectivity index (χ4v) is 3.52. The molecule has 0 fully saturated rings. The van der Waals surface area contributed by atoms with Crippen molar-refractivity contribution in [3.63, 3.8) is 0 Å². The molecule has 152 valence electrons. The van der Waals surface area contributed by atoms with Crippen LogP contribution >= 0.6 is 0 Å². The Morgan fingerprint density at radius 1 is 1.31 bits per heavy atom. The van der Waals surface area contributed by atoms with E-state index in [4.69, 9.17) is 4.42 Å². The van der Waals surface area contributed by atoms with Crippen LogP contribution in [0.4, 0.5) is 0 Å². The van der Waals surface area contributed by atoms with Crippen LogP contribution in [0.5, 0.6) is 0 Å². The van der Waals surface area contributed by atoms with Gasteiger partial charge in [0.05, 0.1) is 37.1 Å². The van der Waals surface area contributed by atoms with Crippen LogP contribution in [-0.4, -0.2) is 36.7 Å². The topological polar surface area (TPSA) is 98.2 Å². The Morgan fingerprint density at radius 2 is 2.17 bits per heavy atom. The number of nitrogens with zero attached hydrogens (tertiary/aromatic N) is 5. The molecule has 0 spiro atoms.